The Balaban J connectivity index is 1.40. The zero-order valence-electron chi connectivity index (χ0n) is 19.2. The molecule has 0 spiro atoms. The molecule has 11 heteroatoms. The average molecular weight is 486 g/mol. The van der Waals surface area contributed by atoms with E-state index in [1.54, 1.807) is 36.8 Å². The molecule has 3 aromatic heterocycles. The minimum Gasteiger partial charge on any atom is -0.330 e. The van der Waals surface area contributed by atoms with Gasteiger partial charge in [0.05, 0.1) is 6.33 Å². The standard InChI is InChI=1S/C22H27N7O2S2/c1-5-14-9-7-10-15(6-2)16(14)24-20-25-26-21(33-20)32-12-8-11-29-19(30)17-18(23-13-27(17)3)28(4)22(29)31/h7,9-10,13H,5-6,8,11-12H2,1-4H3,(H,24,25). The van der Waals surface area contributed by atoms with Crippen LogP contribution >= 0.6 is 23.1 Å². The summed E-state index contributed by atoms with van der Waals surface area (Å²) in [6.45, 7) is 4.63. The summed E-state index contributed by atoms with van der Waals surface area (Å²) in [5.41, 5.74) is 3.83. The van der Waals surface area contributed by atoms with Crippen molar-refractivity contribution in [3.8, 4) is 0 Å². The molecule has 0 saturated heterocycles. The van der Waals surface area contributed by atoms with Gasteiger partial charge in [0.2, 0.25) is 5.13 Å². The van der Waals surface area contributed by atoms with Crippen molar-refractivity contribution in [2.45, 2.75) is 44.0 Å². The Morgan fingerprint density at radius 2 is 1.82 bits per heavy atom. The molecule has 174 valence electrons. The van der Waals surface area contributed by atoms with E-state index in [4.69, 9.17) is 0 Å². The van der Waals surface area contributed by atoms with Gasteiger partial charge in [-0.05, 0) is 30.4 Å². The quantitative estimate of drug-likeness (QED) is 0.287. The SMILES string of the molecule is CCc1cccc(CC)c1Nc1nnc(SCCCn2c(=O)c3c(ncn3C)n(C)c2=O)s1. The Bertz CT molecular complexity index is 1380. The molecule has 0 aliphatic rings. The van der Waals surface area contributed by atoms with Gasteiger partial charge in [0.1, 0.15) is 0 Å². The van der Waals surface area contributed by atoms with Crippen molar-refractivity contribution in [3.05, 3.63) is 56.5 Å². The Hall–Kier alpha value is -2.92. The monoisotopic (exact) mass is 485 g/mol. The lowest BCUT2D eigenvalue weighted by atomic mass is 10.0. The topological polar surface area (TPSA) is 99.6 Å². The van der Waals surface area contributed by atoms with Crippen LogP contribution in [0.1, 0.15) is 31.4 Å². The van der Waals surface area contributed by atoms with E-state index < -0.39 is 0 Å². The van der Waals surface area contributed by atoms with Gasteiger partial charge in [-0.2, -0.15) is 0 Å². The second kappa shape index (κ2) is 9.92. The van der Waals surface area contributed by atoms with Crippen LogP contribution in [0, 0.1) is 0 Å². The molecular formula is C22H27N7O2S2. The average Bonchev–Trinajstić information content (AvgIpc) is 3.43. The van der Waals surface area contributed by atoms with Crippen molar-refractivity contribution in [1.82, 2.24) is 28.9 Å². The lowest BCUT2D eigenvalue weighted by Gasteiger charge is -2.13. The van der Waals surface area contributed by atoms with Gasteiger partial charge in [-0.3, -0.25) is 13.9 Å². The van der Waals surface area contributed by atoms with E-state index in [0.717, 1.165) is 33.8 Å². The highest BCUT2D eigenvalue weighted by atomic mass is 32.2. The molecule has 0 radical (unpaired) electrons. The molecular weight excluding hydrogens is 458 g/mol. The van der Waals surface area contributed by atoms with Crippen molar-refractivity contribution < 1.29 is 0 Å². The van der Waals surface area contributed by atoms with Gasteiger partial charge in [0.25, 0.3) is 5.56 Å². The van der Waals surface area contributed by atoms with E-state index in [1.807, 2.05) is 0 Å². The minimum absolute atomic E-state index is 0.304. The van der Waals surface area contributed by atoms with Crippen LogP contribution in [-0.2, 0) is 33.5 Å². The van der Waals surface area contributed by atoms with Crippen LogP contribution in [0.4, 0.5) is 10.8 Å². The van der Waals surface area contributed by atoms with Gasteiger partial charge >= 0.3 is 5.69 Å². The number of rotatable bonds is 9. The highest BCUT2D eigenvalue weighted by Gasteiger charge is 2.15. The molecule has 0 unspecified atom stereocenters. The molecule has 4 rings (SSSR count). The number of hydrogen-bond donors (Lipinski definition) is 1. The van der Waals surface area contributed by atoms with Crippen LogP contribution in [-0.4, -0.2) is 34.6 Å². The number of nitrogens with one attached hydrogen (secondary N) is 1. The van der Waals surface area contributed by atoms with Crippen molar-refractivity contribution in [2.24, 2.45) is 14.1 Å². The summed E-state index contributed by atoms with van der Waals surface area (Å²) < 4.78 is 5.21. The number of benzene rings is 1. The minimum atomic E-state index is -0.347. The molecule has 0 fully saturated rings. The van der Waals surface area contributed by atoms with Crippen molar-refractivity contribution in [3.63, 3.8) is 0 Å². The summed E-state index contributed by atoms with van der Waals surface area (Å²) in [5, 5.41) is 12.8. The first-order chi connectivity index (χ1) is 15.9. The maximum atomic E-state index is 12.8. The number of aryl methyl sites for hydroxylation is 4. The molecule has 1 aromatic carbocycles. The van der Waals surface area contributed by atoms with Gasteiger partial charge in [0, 0.05) is 32.1 Å². The summed E-state index contributed by atoms with van der Waals surface area (Å²) in [5.74, 6) is 0.722. The second-order valence-electron chi connectivity index (χ2n) is 7.68. The lowest BCUT2D eigenvalue weighted by molar-refractivity contribution is 0.594. The first-order valence-corrected chi connectivity index (χ1v) is 12.7. The van der Waals surface area contributed by atoms with Gasteiger partial charge < -0.3 is 9.88 Å². The van der Waals surface area contributed by atoms with Crippen LogP contribution in [0.5, 0.6) is 0 Å². The fourth-order valence-corrected chi connectivity index (χ4v) is 5.56. The predicted octanol–water partition coefficient (Wildman–Crippen LogP) is 3.34. The maximum absolute atomic E-state index is 12.8. The Morgan fingerprint density at radius 1 is 1.09 bits per heavy atom. The third-order valence-electron chi connectivity index (χ3n) is 5.59. The molecule has 0 aliphatic carbocycles. The Morgan fingerprint density at radius 3 is 2.52 bits per heavy atom. The smallest absolute Gasteiger partial charge is 0.330 e. The number of anilines is 2. The van der Waals surface area contributed by atoms with Crippen LogP contribution in [0.2, 0.25) is 0 Å². The summed E-state index contributed by atoms with van der Waals surface area (Å²) in [7, 11) is 3.39. The highest BCUT2D eigenvalue weighted by molar-refractivity contribution is 8.01. The predicted molar refractivity (Wildman–Crippen MR) is 134 cm³/mol. The molecule has 0 saturated carbocycles. The number of aromatic nitrogens is 6. The largest absolute Gasteiger partial charge is 0.332 e. The van der Waals surface area contributed by atoms with Crippen molar-refractivity contribution in [1.29, 1.82) is 0 Å². The molecule has 9 nitrogen and oxygen atoms in total. The number of hydrogen-bond acceptors (Lipinski definition) is 8. The lowest BCUT2D eigenvalue weighted by Crippen LogP contribution is -2.39. The number of nitrogens with zero attached hydrogens (tertiary/aromatic N) is 6. The Kier molecular flexibility index (Phi) is 6.99. The fourth-order valence-electron chi connectivity index (χ4n) is 3.80. The summed E-state index contributed by atoms with van der Waals surface area (Å²) in [6, 6.07) is 6.36. The van der Waals surface area contributed by atoms with Crippen LogP contribution in [0.25, 0.3) is 11.2 Å². The molecule has 3 heterocycles. The third kappa shape index (κ3) is 4.60. The number of imidazole rings is 1. The third-order valence-corrected chi connectivity index (χ3v) is 7.65. The van der Waals surface area contributed by atoms with E-state index >= 15 is 0 Å². The van der Waals surface area contributed by atoms with Crippen LogP contribution in [0.3, 0.4) is 0 Å². The molecule has 0 bridgehead atoms. The Labute approximate surface area is 199 Å². The van der Waals surface area contributed by atoms with E-state index in [0.29, 0.717) is 24.1 Å². The molecule has 33 heavy (non-hydrogen) atoms. The molecule has 0 atom stereocenters. The molecule has 0 aliphatic heterocycles. The van der Waals surface area contributed by atoms with Crippen LogP contribution < -0.4 is 16.6 Å². The highest BCUT2D eigenvalue weighted by Crippen LogP contribution is 2.31. The molecule has 4 aromatic rings. The number of para-hydroxylation sites is 1. The first-order valence-electron chi connectivity index (χ1n) is 10.9. The summed E-state index contributed by atoms with van der Waals surface area (Å²) >= 11 is 3.09. The van der Waals surface area contributed by atoms with Crippen molar-refractivity contribution in [2.75, 3.05) is 11.1 Å². The molecule has 0 amide bonds. The van der Waals surface area contributed by atoms with Crippen LogP contribution in [0.15, 0.2) is 38.5 Å². The van der Waals surface area contributed by atoms with Gasteiger partial charge in [-0.15, -0.1) is 10.2 Å². The van der Waals surface area contributed by atoms with E-state index in [2.05, 4.69) is 52.5 Å². The zero-order valence-corrected chi connectivity index (χ0v) is 20.8. The fraction of sp³-hybridized carbons (Fsp3) is 0.409. The zero-order chi connectivity index (χ0) is 23.5. The molecule has 1 N–H and O–H groups in total. The summed E-state index contributed by atoms with van der Waals surface area (Å²) in [4.78, 5) is 29.5. The van der Waals surface area contributed by atoms with Gasteiger partial charge in [-0.25, -0.2) is 9.78 Å². The second-order valence-corrected chi connectivity index (χ2v) is 10.0. The van der Waals surface area contributed by atoms with E-state index in [-0.39, 0.29) is 11.2 Å². The number of thioether (sulfide) groups is 1. The van der Waals surface area contributed by atoms with Gasteiger partial charge in [-0.1, -0.05) is 55.1 Å². The van der Waals surface area contributed by atoms with Gasteiger partial charge in [0.15, 0.2) is 15.5 Å². The van der Waals surface area contributed by atoms with E-state index in [9.17, 15) is 9.59 Å². The van der Waals surface area contributed by atoms with E-state index in [1.165, 1.54) is 31.6 Å². The normalized spacial score (nSPS) is 11.4. The summed E-state index contributed by atoms with van der Waals surface area (Å²) in [6.07, 6.45) is 4.10. The van der Waals surface area contributed by atoms with Crippen molar-refractivity contribution >= 4 is 45.1 Å². The number of fused-ring (bicyclic) bond motifs is 1. The maximum Gasteiger partial charge on any atom is 0.332 e. The first kappa shape index (κ1) is 23.2.